The normalized spacial score (nSPS) is 14.9. The molecule has 0 fully saturated rings. The summed E-state index contributed by atoms with van der Waals surface area (Å²) in [6, 6.07) is 3.47. The van der Waals surface area contributed by atoms with Crippen LogP contribution < -0.4 is 27.4 Å². The zero-order valence-corrected chi connectivity index (χ0v) is 20.8. The van der Waals surface area contributed by atoms with E-state index in [-0.39, 0.29) is 19.3 Å². The van der Waals surface area contributed by atoms with Crippen LogP contribution >= 0.6 is 0 Å². The molecule has 206 valence electrons. The minimum Gasteiger partial charge on any atom is -0.481 e. The molecule has 0 saturated carbocycles. The number of rotatable bonds is 17. The fourth-order valence-corrected chi connectivity index (χ4v) is 3.38. The lowest BCUT2D eigenvalue weighted by molar-refractivity contribution is -0.143. The fraction of sp³-hybridized carbons (Fsp3) is 0.542. The second-order valence-electron chi connectivity index (χ2n) is 8.69. The Kier molecular flexibility index (Phi) is 13.8. The molecule has 13 heteroatoms. The smallest absolute Gasteiger partial charge is 0.326 e. The van der Waals surface area contributed by atoms with Crippen molar-refractivity contribution in [2.45, 2.75) is 75.7 Å². The van der Waals surface area contributed by atoms with E-state index in [0.29, 0.717) is 24.9 Å². The van der Waals surface area contributed by atoms with Crippen molar-refractivity contribution >= 4 is 29.7 Å². The van der Waals surface area contributed by atoms with Gasteiger partial charge in [-0.25, -0.2) is 4.79 Å². The molecular formula is C24H37N5O8. The van der Waals surface area contributed by atoms with E-state index in [9.17, 15) is 34.2 Å². The highest BCUT2D eigenvalue weighted by Gasteiger charge is 2.31. The number of aliphatic carboxylic acids is 2. The Morgan fingerprint density at radius 3 is 1.95 bits per heavy atom. The van der Waals surface area contributed by atoms with Crippen LogP contribution in [0.25, 0.3) is 0 Å². The molecule has 0 saturated heterocycles. The molecule has 0 aliphatic rings. The van der Waals surface area contributed by atoms with Crippen LogP contribution in [0.2, 0.25) is 0 Å². The third-order valence-electron chi connectivity index (χ3n) is 5.58. The first kappa shape index (κ1) is 31.5. The number of hydrogen-bond acceptors (Lipinski definition) is 8. The fourth-order valence-electron chi connectivity index (χ4n) is 3.38. The zero-order chi connectivity index (χ0) is 28.0. The molecule has 0 aromatic heterocycles. The van der Waals surface area contributed by atoms with Gasteiger partial charge in [0.25, 0.3) is 0 Å². The van der Waals surface area contributed by atoms with Crippen LogP contribution in [0.1, 0.15) is 44.6 Å². The third kappa shape index (κ3) is 11.8. The first-order valence-corrected chi connectivity index (χ1v) is 12.0. The summed E-state index contributed by atoms with van der Waals surface area (Å²) in [5.41, 5.74) is 11.8. The average Bonchev–Trinajstić information content (AvgIpc) is 2.85. The Labute approximate surface area is 215 Å². The molecule has 0 radical (unpaired) electrons. The summed E-state index contributed by atoms with van der Waals surface area (Å²) in [6.07, 6.45) is -0.894. The summed E-state index contributed by atoms with van der Waals surface area (Å²) in [7, 11) is 0. The first-order chi connectivity index (χ1) is 17.5. The van der Waals surface area contributed by atoms with Gasteiger partial charge in [0.1, 0.15) is 24.2 Å². The van der Waals surface area contributed by atoms with Crippen LogP contribution in [0, 0.1) is 0 Å². The highest BCUT2D eigenvalue weighted by molar-refractivity contribution is 5.94. The molecule has 0 heterocycles. The van der Waals surface area contributed by atoms with Gasteiger partial charge in [0.2, 0.25) is 17.7 Å². The van der Waals surface area contributed by atoms with Crippen molar-refractivity contribution in [3.8, 4) is 0 Å². The quantitative estimate of drug-likeness (QED) is 0.110. The topological polar surface area (TPSA) is 234 Å². The Balaban J connectivity index is 3.10. The highest BCUT2D eigenvalue weighted by Crippen LogP contribution is 2.08. The van der Waals surface area contributed by atoms with Crippen molar-refractivity contribution in [2.75, 3.05) is 6.54 Å². The number of benzene rings is 1. The van der Waals surface area contributed by atoms with Gasteiger partial charge in [0.15, 0.2) is 0 Å². The first-order valence-electron chi connectivity index (χ1n) is 12.0. The molecule has 0 aliphatic carbocycles. The second-order valence-corrected chi connectivity index (χ2v) is 8.69. The number of carboxylic acids is 2. The maximum Gasteiger partial charge on any atom is 0.326 e. The summed E-state index contributed by atoms with van der Waals surface area (Å²) in [4.78, 5) is 61.2. The van der Waals surface area contributed by atoms with Gasteiger partial charge in [0.05, 0.1) is 6.10 Å². The number of aliphatic hydroxyl groups is 1. The molecule has 0 aliphatic heterocycles. The Bertz CT molecular complexity index is 912. The van der Waals surface area contributed by atoms with Gasteiger partial charge < -0.3 is 42.7 Å². The number of carbonyl (C=O) groups is 5. The van der Waals surface area contributed by atoms with Gasteiger partial charge in [-0.15, -0.1) is 0 Å². The lowest BCUT2D eigenvalue weighted by atomic mass is 10.0. The molecule has 3 amide bonds. The van der Waals surface area contributed by atoms with Crippen molar-refractivity contribution in [3.05, 3.63) is 35.9 Å². The molecule has 1 aromatic rings. The van der Waals surface area contributed by atoms with Gasteiger partial charge in [-0.2, -0.15) is 0 Å². The lowest BCUT2D eigenvalue weighted by Crippen LogP contribution is -2.58. The molecule has 0 spiro atoms. The minimum atomic E-state index is -1.39. The summed E-state index contributed by atoms with van der Waals surface area (Å²) in [5.74, 6) is -4.99. The van der Waals surface area contributed by atoms with Crippen LogP contribution in [-0.2, 0) is 30.4 Å². The summed E-state index contributed by atoms with van der Waals surface area (Å²) < 4.78 is 0. The zero-order valence-electron chi connectivity index (χ0n) is 20.8. The molecule has 5 atom stereocenters. The van der Waals surface area contributed by atoms with E-state index in [1.54, 1.807) is 30.3 Å². The van der Waals surface area contributed by atoms with Crippen molar-refractivity contribution in [1.29, 1.82) is 0 Å². The summed E-state index contributed by atoms with van der Waals surface area (Å²) in [5, 5.41) is 35.4. The number of nitrogens with one attached hydrogen (secondary N) is 3. The number of unbranched alkanes of at least 4 members (excludes halogenated alkanes) is 1. The van der Waals surface area contributed by atoms with Crippen LogP contribution in [0.15, 0.2) is 30.3 Å². The van der Waals surface area contributed by atoms with Gasteiger partial charge in [0, 0.05) is 12.8 Å². The van der Waals surface area contributed by atoms with E-state index in [0.717, 1.165) is 0 Å². The summed E-state index contributed by atoms with van der Waals surface area (Å²) in [6.45, 7) is 1.67. The third-order valence-corrected chi connectivity index (χ3v) is 5.58. The Hall–Kier alpha value is -3.55. The Morgan fingerprint density at radius 2 is 1.41 bits per heavy atom. The van der Waals surface area contributed by atoms with Gasteiger partial charge in [-0.3, -0.25) is 19.2 Å². The van der Waals surface area contributed by atoms with Crippen molar-refractivity contribution < 1.29 is 39.3 Å². The van der Waals surface area contributed by atoms with Gasteiger partial charge in [-0.05, 0) is 44.7 Å². The van der Waals surface area contributed by atoms with E-state index >= 15 is 0 Å². The lowest BCUT2D eigenvalue weighted by Gasteiger charge is -2.25. The predicted octanol–water partition coefficient (Wildman–Crippen LogP) is -1.53. The highest BCUT2D eigenvalue weighted by atomic mass is 16.4. The second kappa shape index (κ2) is 16.2. The van der Waals surface area contributed by atoms with E-state index in [4.69, 9.17) is 16.6 Å². The van der Waals surface area contributed by atoms with Crippen LogP contribution in [0.3, 0.4) is 0 Å². The van der Waals surface area contributed by atoms with Crippen LogP contribution in [-0.4, -0.2) is 81.8 Å². The standard InChI is InChI=1S/C24H37N5O8/c1-14(30)20(26)23(35)29-18(13-15-7-3-2-4-8-15)22(34)27-16(10-11-19(31)32)21(33)28-17(24(36)37)9-5-6-12-25/h2-4,7-8,14,16-18,20,30H,5-6,9-13,25-26H2,1H3,(H,27,34)(H,28,33)(H,29,35)(H,31,32)(H,36,37). The van der Waals surface area contributed by atoms with E-state index in [1.165, 1.54) is 6.92 Å². The van der Waals surface area contributed by atoms with Gasteiger partial charge >= 0.3 is 11.9 Å². The van der Waals surface area contributed by atoms with E-state index < -0.39 is 66.4 Å². The molecule has 10 N–H and O–H groups in total. The maximum atomic E-state index is 13.2. The number of aliphatic hydroxyl groups excluding tert-OH is 1. The number of carboxylic acid groups (broad SMARTS) is 2. The Morgan fingerprint density at radius 1 is 0.838 bits per heavy atom. The van der Waals surface area contributed by atoms with E-state index in [2.05, 4.69) is 16.0 Å². The maximum absolute atomic E-state index is 13.2. The van der Waals surface area contributed by atoms with E-state index in [1.807, 2.05) is 0 Å². The monoisotopic (exact) mass is 523 g/mol. The molecular weight excluding hydrogens is 486 g/mol. The largest absolute Gasteiger partial charge is 0.481 e. The number of amides is 3. The van der Waals surface area contributed by atoms with Gasteiger partial charge in [-0.1, -0.05) is 30.3 Å². The SMILES string of the molecule is CC(O)C(N)C(=O)NC(Cc1ccccc1)C(=O)NC(CCC(=O)O)C(=O)NC(CCCCN)C(=O)O. The van der Waals surface area contributed by atoms with Crippen molar-refractivity contribution in [1.82, 2.24) is 16.0 Å². The molecule has 1 aromatic carbocycles. The van der Waals surface area contributed by atoms with Crippen LogP contribution in [0.5, 0.6) is 0 Å². The number of carbonyl (C=O) groups excluding carboxylic acids is 3. The van der Waals surface area contributed by atoms with Crippen LogP contribution in [0.4, 0.5) is 0 Å². The molecule has 13 nitrogen and oxygen atoms in total. The number of hydrogen-bond donors (Lipinski definition) is 8. The predicted molar refractivity (Wildman–Crippen MR) is 133 cm³/mol. The summed E-state index contributed by atoms with van der Waals surface area (Å²) >= 11 is 0. The molecule has 1 rings (SSSR count). The number of nitrogens with two attached hydrogens (primary N) is 2. The average molecular weight is 524 g/mol. The molecule has 37 heavy (non-hydrogen) atoms. The van der Waals surface area contributed by atoms with Crippen molar-refractivity contribution in [3.63, 3.8) is 0 Å². The van der Waals surface area contributed by atoms with Crippen molar-refractivity contribution in [2.24, 2.45) is 11.5 Å². The molecule has 5 unspecified atom stereocenters. The minimum absolute atomic E-state index is 0.00898. The molecule has 0 bridgehead atoms.